The minimum absolute atomic E-state index is 0.271. The lowest BCUT2D eigenvalue weighted by Gasteiger charge is -2.13. The first kappa shape index (κ1) is 19.5. The van der Waals surface area contributed by atoms with Crippen molar-refractivity contribution in [2.75, 3.05) is 0 Å². The Balaban J connectivity index is 1.58. The summed E-state index contributed by atoms with van der Waals surface area (Å²) in [5.74, 6) is -0.410. The summed E-state index contributed by atoms with van der Waals surface area (Å²) in [4.78, 5) is 45.1. The molecule has 0 fully saturated rings. The molecule has 28 heavy (non-hydrogen) atoms. The fourth-order valence-electron chi connectivity index (χ4n) is 3.09. The quantitative estimate of drug-likeness (QED) is 0.448. The molecule has 0 radical (unpaired) electrons. The Bertz CT molecular complexity index is 1100. The van der Waals surface area contributed by atoms with Gasteiger partial charge in [-0.25, -0.2) is 14.6 Å². The van der Waals surface area contributed by atoms with Gasteiger partial charge in [-0.3, -0.25) is 18.9 Å². The van der Waals surface area contributed by atoms with E-state index in [-0.39, 0.29) is 17.4 Å². The van der Waals surface area contributed by atoms with Crippen molar-refractivity contribution in [2.45, 2.75) is 38.8 Å². The maximum Gasteiger partial charge on any atom is 0.339 e. The zero-order valence-electron chi connectivity index (χ0n) is 16.2. The SMILES string of the molecule is CC(CCCCn1c(=O)c2c(ncn2C)n(C)c1=O)OC(=O)c1cccnc1. The Morgan fingerprint density at radius 2 is 2.04 bits per heavy atom. The molecule has 0 aliphatic rings. The number of unbranched alkanes of at least 4 members (excludes halogenated alkanes) is 1. The van der Waals surface area contributed by atoms with Gasteiger partial charge in [-0.05, 0) is 38.3 Å². The van der Waals surface area contributed by atoms with Crippen LogP contribution in [-0.2, 0) is 25.4 Å². The average Bonchev–Trinajstić information content (AvgIpc) is 3.08. The molecule has 0 aliphatic carbocycles. The molecule has 0 saturated carbocycles. The number of rotatable bonds is 7. The standard InChI is InChI=1S/C19H23N5O4/c1-13(28-18(26)14-8-6-9-20-11-14)7-4-5-10-24-17(25)15-16(21-12-22(15)2)23(3)19(24)27/h6,8-9,11-13H,4-5,7,10H2,1-3H3. The molecule has 3 aromatic rings. The van der Waals surface area contributed by atoms with Crippen molar-refractivity contribution in [1.29, 1.82) is 0 Å². The molecule has 0 aliphatic heterocycles. The molecule has 9 nitrogen and oxygen atoms in total. The van der Waals surface area contributed by atoms with Crippen LogP contribution in [0.15, 0.2) is 40.4 Å². The number of pyridine rings is 1. The van der Waals surface area contributed by atoms with Crippen LogP contribution in [0.4, 0.5) is 0 Å². The molecule has 0 N–H and O–H groups in total. The van der Waals surface area contributed by atoms with Gasteiger partial charge in [0, 0.05) is 33.0 Å². The first-order valence-electron chi connectivity index (χ1n) is 9.12. The summed E-state index contributed by atoms with van der Waals surface area (Å²) >= 11 is 0. The molecule has 9 heteroatoms. The second kappa shape index (κ2) is 8.20. The van der Waals surface area contributed by atoms with Crippen LogP contribution in [-0.4, -0.2) is 35.7 Å². The summed E-state index contributed by atoms with van der Waals surface area (Å²) in [6.45, 7) is 2.12. The van der Waals surface area contributed by atoms with Gasteiger partial charge < -0.3 is 9.30 Å². The summed E-state index contributed by atoms with van der Waals surface area (Å²) in [6.07, 6.45) is 6.27. The van der Waals surface area contributed by atoms with Gasteiger partial charge in [0.25, 0.3) is 5.56 Å². The molecule has 1 atom stereocenters. The van der Waals surface area contributed by atoms with E-state index in [0.29, 0.717) is 42.5 Å². The smallest absolute Gasteiger partial charge is 0.339 e. The minimum atomic E-state index is -0.410. The fraction of sp³-hybridized carbons (Fsp3) is 0.421. The number of ether oxygens (including phenoxy) is 1. The third-order valence-corrected chi connectivity index (χ3v) is 4.65. The average molecular weight is 385 g/mol. The molecule has 148 valence electrons. The molecular weight excluding hydrogens is 362 g/mol. The van der Waals surface area contributed by atoms with Crippen LogP contribution >= 0.6 is 0 Å². The number of carbonyl (C=O) groups excluding carboxylic acids is 1. The molecule has 3 heterocycles. The Kier molecular flexibility index (Phi) is 5.72. The molecule has 3 aromatic heterocycles. The van der Waals surface area contributed by atoms with Crippen LogP contribution in [0, 0.1) is 0 Å². The highest BCUT2D eigenvalue weighted by molar-refractivity contribution is 5.89. The van der Waals surface area contributed by atoms with Gasteiger partial charge in [0.2, 0.25) is 0 Å². The molecular formula is C19H23N5O4. The van der Waals surface area contributed by atoms with E-state index in [1.807, 2.05) is 6.92 Å². The predicted molar refractivity (Wildman–Crippen MR) is 103 cm³/mol. The lowest BCUT2D eigenvalue weighted by Crippen LogP contribution is -2.39. The van der Waals surface area contributed by atoms with E-state index in [1.165, 1.54) is 21.7 Å². The van der Waals surface area contributed by atoms with Gasteiger partial charge in [0.1, 0.15) is 0 Å². The van der Waals surface area contributed by atoms with E-state index in [4.69, 9.17) is 4.74 Å². The van der Waals surface area contributed by atoms with Crippen LogP contribution in [0.3, 0.4) is 0 Å². The van der Waals surface area contributed by atoms with E-state index in [2.05, 4.69) is 9.97 Å². The van der Waals surface area contributed by atoms with E-state index in [0.717, 1.165) is 0 Å². The Labute approximate surface area is 161 Å². The number of esters is 1. The normalized spacial score (nSPS) is 12.2. The molecule has 0 bridgehead atoms. The van der Waals surface area contributed by atoms with Gasteiger partial charge in [-0.2, -0.15) is 0 Å². The highest BCUT2D eigenvalue weighted by Gasteiger charge is 2.15. The maximum absolute atomic E-state index is 12.6. The number of imidazole rings is 1. The number of hydrogen-bond acceptors (Lipinski definition) is 6. The van der Waals surface area contributed by atoms with Gasteiger partial charge >= 0.3 is 11.7 Å². The summed E-state index contributed by atoms with van der Waals surface area (Å²) < 4.78 is 9.63. The predicted octanol–water partition coefficient (Wildman–Crippen LogP) is 1.24. The summed E-state index contributed by atoms with van der Waals surface area (Å²) in [6, 6.07) is 3.33. The summed E-state index contributed by atoms with van der Waals surface area (Å²) in [7, 11) is 3.33. The van der Waals surface area contributed by atoms with Crippen LogP contribution < -0.4 is 11.2 Å². The minimum Gasteiger partial charge on any atom is -0.459 e. The van der Waals surface area contributed by atoms with Crippen molar-refractivity contribution in [3.8, 4) is 0 Å². The number of fused-ring (bicyclic) bond motifs is 1. The van der Waals surface area contributed by atoms with Gasteiger partial charge in [-0.1, -0.05) is 0 Å². The first-order chi connectivity index (χ1) is 13.4. The lowest BCUT2D eigenvalue weighted by molar-refractivity contribution is 0.0318. The Morgan fingerprint density at radius 3 is 2.75 bits per heavy atom. The van der Waals surface area contributed by atoms with E-state index in [9.17, 15) is 14.4 Å². The van der Waals surface area contributed by atoms with Gasteiger partial charge in [0.05, 0.1) is 18.0 Å². The van der Waals surface area contributed by atoms with Crippen molar-refractivity contribution in [3.05, 3.63) is 57.3 Å². The Hall–Kier alpha value is -3.23. The Morgan fingerprint density at radius 1 is 1.25 bits per heavy atom. The molecule has 0 amide bonds. The van der Waals surface area contributed by atoms with Crippen molar-refractivity contribution < 1.29 is 9.53 Å². The zero-order valence-corrected chi connectivity index (χ0v) is 16.2. The van der Waals surface area contributed by atoms with E-state index in [1.54, 1.807) is 37.0 Å². The highest BCUT2D eigenvalue weighted by Crippen LogP contribution is 2.09. The molecule has 3 rings (SSSR count). The second-order valence-electron chi connectivity index (χ2n) is 6.78. The first-order valence-corrected chi connectivity index (χ1v) is 9.12. The van der Waals surface area contributed by atoms with Crippen LogP contribution in [0.5, 0.6) is 0 Å². The summed E-state index contributed by atoms with van der Waals surface area (Å²) in [5, 5.41) is 0. The van der Waals surface area contributed by atoms with Crippen LogP contribution in [0.1, 0.15) is 36.5 Å². The molecule has 0 saturated heterocycles. The number of carbonyl (C=O) groups is 1. The second-order valence-corrected chi connectivity index (χ2v) is 6.78. The van der Waals surface area contributed by atoms with E-state index < -0.39 is 5.97 Å². The van der Waals surface area contributed by atoms with Gasteiger partial charge in [-0.15, -0.1) is 0 Å². The topological polar surface area (TPSA) is 101 Å². The third kappa shape index (κ3) is 3.88. The van der Waals surface area contributed by atoms with Crippen molar-refractivity contribution in [3.63, 3.8) is 0 Å². The molecule has 0 aromatic carbocycles. The summed E-state index contributed by atoms with van der Waals surface area (Å²) in [5.41, 5.74) is 0.473. The van der Waals surface area contributed by atoms with Crippen molar-refractivity contribution in [1.82, 2.24) is 23.7 Å². The molecule has 1 unspecified atom stereocenters. The largest absolute Gasteiger partial charge is 0.459 e. The zero-order chi connectivity index (χ0) is 20.3. The van der Waals surface area contributed by atoms with Crippen LogP contribution in [0.25, 0.3) is 11.2 Å². The number of nitrogens with zero attached hydrogens (tertiary/aromatic N) is 5. The number of aryl methyl sites for hydroxylation is 2. The highest BCUT2D eigenvalue weighted by atomic mass is 16.5. The van der Waals surface area contributed by atoms with Crippen LogP contribution in [0.2, 0.25) is 0 Å². The number of hydrogen-bond donors (Lipinski definition) is 0. The van der Waals surface area contributed by atoms with Crippen molar-refractivity contribution in [2.24, 2.45) is 14.1 Å². The maximum atomic E-state index is 12.6. The third-order valence-electron chi connectivity index (χ3n) is 4.65. The van der Waals surface area contributed by atoms with Gasteiger partial charge in [0.15, 0.2) is 11.2 Å². The lowest BCUT2D eigenvalue weighted by atomic mass is 10.1. The molecule has 0 spiro atoms. The number of aromatic nitrogens is 5. The fourth-order valence-corrected chi connectivity index (χ4v) is 3.09. The monoisotopic (exact) mass is 385 g/mol. The van der Waals surface area contributed by atoms with Crippen molar-refractivity contribution >= 4 is 17.1 Å². The van der Waals surface area contributed by atoms with E-state index >= 15 is 0 Å².